The number of carbonyl (C=O) groups is 2. The Morgan fingerprint density at radius 1 is 1.29 bits per heavy atom. The number of benzene rings is 1. The first kappa shape index (κ1) is 14.4. The summed E-state index contributed by atoms with van der Waals surface area (Å²) in [5.74, 6) is 0.652. The number of likely N-dealkylation sites (tertiary alicyclic amines) is 1. The molecule has 1 aliphatic carbocycles. The molecule has 1 aliphatic heterocycles. The van der Waals surface area contributed by atoms with Crippen molar-refractivity contribution in [3.63, 3.8) is 0 Å². The van der Waals surface area contributed by atoms with Crippen LogP contribution in [0.4, 0.5) is 0 Å². The highest BCUT2D eigenvalue weighted by Gasteiger charge is 2.37. The third-order valence-electron chi connectivity index (χ3n) is 4.27. The van der Waals surface area contributed by atoms with E-state index in [0.717, 1.165) is 12.8 Å². The zero-order valence-corrected chi connectivity index (χ0v) is 13.0. The van der Waals surface area contributed by atoms with E-state index in [9.17, 15) is 9.59 Å². The fourth-order valence-electron chi connectivity index (χ4n) is 3.34. The maximum absolute atomic E-state index is 12.2. The van der Waals surface area contributed by atoms with Crippen molar-refractivity contribution in [2.24, 2.45) is 0 Å². The molecule has 21 heavy (non-hydrogen) atoms. The van der Waals surface area contributed by atoms with Crippen LogP contribution in [0.1, 0.15) is 17.5 Å². The molecule has 2 aliphatic rings. The van der Waals surface area contributed by atoms with E-state index >= 15 is 0 Å². The van der Waals surface area contributed by atoms with Crippen LogP contribution in [0.2, 0.25) is 0 Å². The van der Waals surface area contributed by atoms with Crippen LogP contribution < -0.4 is 5.32 Å². The molecule has 112 valence electrons. The van der Waals surface area contributed by atoms with E-state index in [1.54, 1.807) is 0 Å². The first-order valence-corrected chi connectivity index (χ1v) is 8.71. The van der Waals surface area contributed by atoms with Crippen LogP contribution in [-0.2, 0) is 22.4 Å². The molecule has 4 nitrogen and oxygen atoms in total. The van der Waals surface area contributed by atoms with Gasteiger partial charge in [-0.05, 0) is 30.2 Å². The minimum absolute atomic E-state index is 0.0249. The molecule has 0 spiro atoms. The molecule has 0 saturated carbocycles. The number of thioether (sulfide) groups is 1. The van der Waals surface area contributed by atoms with Gasteiger partial charge in [0.1, 0.15) is 0 Å². The molecule has 0 unspecified atom stereocenters. The highest BCUT2D eigenvalue weighted by Crippen LogP contribution is 2.28. The summed E-state index contributed by atoms with van der Waals surface area (Å²) in [6, 6.07) is 8.64. The zero-order chi connectivity index (χ0) is 14.8. The van der Waals surface area contributed by atoms with Crippen LogP contribution in [-0.4, -0.2) is 47.4 Å². The average Bonchev–Trinajstić information content (AvgIpc) is 3.02. The summed E-state index contributed by atoms with van der Waals surface area (Å²) in [6.45, 7) is 0.650. The summed E-state index contributed by atoms with van der Waals surface area (Å²) in [4.78, 5) is 25.8. The Bertz CT molecular complexity index is 536. The van der Waals surface area contributed by atoms with Gasteiger partial charge < -0.3 is 10.2 Å². The standard InChI is InChI=1S/C16H20N2O2S/c1-21-10-15(19)17-13-8-16(20)18(9-13)14-6-11-4-2-3-5-12(11)7-14/h2-5,13-14H,6-10H2,1H3,(H,17,19)/t13-/m1/s1. The molecule has 1 atom stereocenters. The highest BCUT2D eigenvalue weighted by atomic mass is 32.2. The summed E-state index contributed by atoms with van der Waals surface area (Å²) in [5, 5.41) is 2.96. The minimum Gasteiger partial charge on any atom is -0.350 e. The van der Waals surface area contributed by atoms with Gasteiger partial charge in [0.25, 0.3) is 0 Å². The van der Waals surface area contributed by atoms with E-state index in [-0.39, 0.29) is 23.9 Å². The van der Waals surface area contributed by atoms with Gasteiger partial charge in [0.2, 0.25) is 11.8 Å². The van der Waals surface area contributed by atoms with Gasteiger partial charge in [0.05, 0.1) is 11.8 Å². The van der Waals surface area contributed by atoms with Crippen molar-refractivity contribution < 1.29 is 9.59 Å². The second-order valence-electron chi connectivity index (χ2n) is 5.78. The molecule has 2 amide bonds. The monoisotopic (exact) mass is 304 g/mol. The SMILES string of the molecule is CSCC(=O)N[C@@H]1CC(=O)N(C2Cc3ccccc3C2)C1. The van der Waals surface area contributed by atoms with Gasteiger partial charge in [-0.15, -0.1) is 0 Å². The van der Waals surface area contributed by atoms with Gasteiger partial charge in [-0.1, -0.05) is 24.3 Å². The van der Waals surface area contributed by atoms with Crippen molar-refractivity contribution in [1.82, 2.24) is 10.2 Å². The van der Waals surface area contributed by atoms with Gasteiger partial charge in [0.15, 0.2) is 0 Å². The molecule has 1 fully saturated rings. The van der Waals surface area contributed by atoms with Crippen molar-refractivity contribution >= 4 is 23.6 Å². The molecule has 1 aromatic carbocycles. The molecule has 1 aromatic rings. The normalized spacial score (nSPS) is 21.7. The Hall–Kier alpha value is -1.49. The molecule has 1 heterocycles. The molecule has 3 rings (SSSR count). The van der Waals surface area contributed by atoms with Gasteiger partial charge in [-0.25, -0.2) is 0 Å². The van der Waals surface area contributed by atoms with E-state index in [2.05, 4.69) is 29.6 Å². The van der Waals surface area contributed by atoms with E-state index in [4.69, 9.17) is 0 Å². The zero-order valence-electron chi connectivity index (χ0n) is 12.2. The summed E-state index contributed by atoms with van der Waals surface area (Å²) in [6.07, 6.45) is 4.22. The predicted octanol–water partition coefficient (Wildman–Crippen LogP) is 1.23. The van der Waals surface area contributed by atoms with E-state index < -0.39 is 0 Å². The Morgan fingerprint density at radius 2 is 1.95 bits per heavy atom. The minimum atomic E-state index is -0.0270. The van der Waals surface area contributed by atoms with Crippen LogP contribution in [0, 0.1) is 0 Å². The Kier molecular flexibility index (Phi) is 4.19. The Labute approximate surface area is 129 Å². The number of nitrogens with zero attached hydrogens (tertiary/aromatic N) is 1. The lowest BCUT2D eigenvalue weighted by molar-refractivity contribution is -0.129. The van der Waals surface area contributed by atoms with Crippen molar-refractivity contribution in [1.29, 1.82) is 0 Å². The summed E-state index contributed by atoms with van der Waals surface area (Å²) in [7, 11) is 0. The highest BCUT2D eigenvalue weighted by molar-refractivity contribution is 7.99. The molecule has 0 aromatic heterocycles. The summed E-state index contributed by atoms with van der Waals surface area (Å²) < 4.78 is 0. The number of hydrogen-bond donors (Lipinski definition) is 1. The van der Waals surface area contributed by atoms with Crippen molar-refractivity contribution in [2.75, 3.05) is 18.6 Å². The first-order chi connectivity index (χ1) is 10.2. The maximum Gasteiger partial charge on any atom is 0.230 e. The van der Waals surface area contributed by atoms with E-state index in [1.807, 2.05) is 11.2 Å². The lowest BCUT2D eigenvalue weighted by atomic mass is 10.1. The van der Waals surface area contributed by atoms with Gasteiger partial charge in [-0.2, -0.15) is 11.8 Å². The van der Waals surface area contributed by atoms with Gasteiger partial charge >= 0.3 is 0 Å². The molecule has 0 radical (unpaired) electrons. The quantitative estimate of drug-likeness (QED) is 0.910. The summed E-state index contributed by atoms with van der Waals surface area (Å²) in [5.41, 5.74) is 2.70. The molecular formula is C16H20N2O2S. The van der Waals surface area contributed by atoms with Crippen LogP contribution in [0.25, 0.3) is 0 Å². The molecule has 1 N–H and O–H groups in total. The largest absolute Gasteiger partial charge is 0.350 e. The molecule has 5 heteroatoms. The van der Waals surface area contributed by atoms with Crippen LogP contribution in [0.15, 0.2) is 24.3 Å². The number of rotatable bonds is 4. The van der Waals surface area contributed by atoms with Crippen LogP contribution in [0.5, 0.6) is 0 Å². The number of fused-ring (bicyclic) bond motifs is 1. The number of carbonyl (C=O) groups excluding carboxylic acids is 2. The van der Waals surface area contributed by atoms with Crippen molar-refractivity contribution in [3.8, 4) is 0 Å². The molecular weight excluding hydrogens is 284 g/mol. The smallest absolute Gasteiger partial charge is 0.230 e. The lowest BCUT2D eigenvalue weighted by Crippen LogP contribution is -2.41. The second-order valence-corrected chi connectivity index (χ2v) is 6.64. The van der Waals surface area contributed by atoms with Crippen LogP contribution >= 0.6 is 11.8 Å². The fraction of sp³-hybridized carbons (Fsp3) is 0.500. The lowest BCUT2D eigenvalue weighted by Gasteiger charge is -2.24. The number of nitrogens with one attached hydrogen (secondary N) is 1. The van der Waals surface area contributed by atoms with Crippen molar-refractivity contribution in [2.45, 2.75) is 31.3 Å². The first-order valence-electron chi connectivity index (χ1n) is 7.32. The van der Waals surface area contributed by atoms with Gasteiger partial charge in [0, 0.05) is 19.0 Å². The second kappa shape index (κ2) is 6.10. The van der Waals surface area contributed by atoms with Gasteiger partial charge in [-0.3, -0.25) is 9.59 Å². The van der Waals surface area contributed by atoms with E-state index in [0.29, 0.717) is 18.7 Å². The van der Waals surface area contributed by atoms with Crippen LogP contribution in [0.3, 0.4) is 0 Å². The third kappa shape index (κ3) is 3.07. The third-order valence-corrected chi connectivity index (χ3v) is 4.82. The summed E-state index contributed by atoms with van der Waals surface area (Å²) >= 11 is 1.50. The Morgan fingerprint density at radius 3 is 2.57 bits per heavy atom. The topological polar surface area (TPSA) is 49.4 Å². The number of hydrogen-bond acceptors (Lipinski definition) is 3. The molecule has 0 bridgehead atoms. The Balaban J connectivity index is 1.61. The fourth-order valence-corrected chi connectivity index (χ4v) is 3.68. The number of amides is 2. The average molecular weight is 304 g/mol. The maximum atomic E-state index is 12.2. The van der Waals surface area contributed by atoms with Crippen molar-refractivity contribution in [3.05, 3.63) is 35.4 Å². The van der Waals surface area contributed by atoms with E-state index in [1.165, 1.54) is 22.9 Å². The predicted molar refractivity (Wildman–Crippen MR) is 84.3 cm³/mol. The molecule has 1 saturated heterocycles.